The molecule has 1 aromatic rings. The number of benzene rings is 1. The van der Waals surface area contributed by atoms with Crippen LogP contribution in [0.25, 0.3) is 0 Å². The molecular weight excluding hydrogens is 146 g/mol. The predicted octanol–water partition coefficient (Wildman–Crippen LogP) is 1.94. The molecule has 1 rings (SSSR count). The van der Waals surface area contributed by atoms with Gasteiger partial charge >= 0.3 is 0 Å². The highest BCUT2D eigenvalue weighted by Gasteiger charge is 2.00. The lowest BCUT2D eigenvalue weighted by Gasteiger charge is -2.03. The average Bonchev–Trinajstić information content (AvgIpc) is 2.06. The van der Waals surface area contributed by atoms with Crippen LogP contribution in [-0.2, 0) is 6.42 Å². The van der Waals surface area contributed by atoms with E-state index in [1.54, 1.807) is 0 Å². The molecule has 0 fully saturated rings. The molecule has 1 aromatic carbocycles. The lowest BCUT2D eigenvalue weighted by atomic mass is 10.0. The molecule has 0 aliphatic rings. The first-order valence-corrected chi connectivity index (χ1v) is 4.66. The quantitative estimate of drug-likeness (QED) is 0.707. The van der Waals surface area contributed by atoms with Gasteiger partial charge < -0.3 is 5.73 Å². The summed E-state index contributed by atoms with van der Waals surface area (Å²) < 4.78 is 0. The molecule has 0 aliphatic carbocycles. The van der Waals surface area contributed by atoms with Gasteiger partial charge in [0.1, 0.15) is 6.04 Å². The fourth-order valence-corrected chi connectivity index (χ4v) is 1.30. The molecule has 0 saturated heterocycles. The van der Waals surface area contributed by atoms with Crippen LogP contribution in [0.5, 0.6) is 0 Å². The molecule has 0 amide bonds. The number of aryl methyl sites for hydroxylation is 1. The Labute approximate surface area is 74.6 Å². The lowest BCUT2D eigenvalue weighted by molar-refractivity contribution is -0.420. The van der Waals surface area contributed by atoms with E-state index in [4.69, 9.17) is 0 Å². The van der Waals surface area contributed by atoms with Crippen LogP contribution < -0.4 is 5.73 Å². The second-order valence-corrected chi connectivity index (χ2v) is 3.39. The van der Waals surface area contributed by atoms with E-state index in [-0.39, 0.29) is 0 Å². The van der Waals surface area contributed by atoms with Gasteiger partial charge in [0, 0.05) is 5.56 Å². The minimum Gasteiger partial charge on any atom is -0.352 e. The third-order valence-corrected chi connectivity index (χ3v) is 2.09. The molecule has 12 heavy (non-hydrogen) atoms. The van der Waals surface area contributed by atoms with E-state index in [1.165, 1.54) is 24.0 Å². The van der Waals surface area contributed by atoms with E-state index in [1.807, 2.05) is 0 Å². The van der Waals surface area contributed by atoms with Gasteiger partial charge in [0.05, 0.1) is 0 Å². The van der Waals surface area contributed by atoms with Gasteiger partial charge in [-0.2, -0.15) is 0 Å². The minimum atomic E-state index is 0.403. The topological polar surface area (TPSA) is 27.6 Å². The average molecular weight is 164 g/mol. The zero-order valence-corrected chi connectivity index (χ0v) is 8.01. The largest absolute Gasteiger partial charge is 0.352 e. The van der Waals surface area contributed by atoms with Gasteiger partial charge in [-0.3, -0.25) is 0 Å². The molecule has 0 saturated carbocycles. The van der Waals surface area contributed by atoms with Crippen LogP contribution in [0, 0.1) is 0 Å². The minimum absolute atomic E-state index is 0.403. The van der Waals surface area contributed by atoms with E-state index in [0.29, 0.717) is 6.04 Å². The maximum Gasteiger partial charge on any atom is 0.107 e. The second kappa shape index (κ2) is 4.27. The zero-order valence-electron chi connectivity index (χ0n) is 8.01. The maximum atomic E-state index is 3.98. The molecule has 0 heterocycles. The third kappa shape index (κ3) is 2.35. The van der Waals surface area contributed by atoms with Gasteiger partial charge in [0.2, 0.25) is 0 Å². The first-order valence-electron chi connectivity index (χ1n) is 4.66. The van der Waals surface area contributed by atoms with Crippen molar-refractivity contribution in [2.75, 3.05) is 0 Å². The Balaban J connectivity index is 2.71. The fraction of sp³-hybridized carbons (Fsp3) is 0.455. The van der Waals surface area contributed by atoms with E-state index in [9.17, 15) is 0 Å². The Bertz CT molecular complexity index is 223. The normalized spacial score (nSPS) is 12.9. The van der Waals surface area contributed by atoms with Crippen molar-refractivity contribution in [2.24, 2.45) is 0 Å². The molecule has 0 aliphatic heterocycles. The summed E-state index contributed by atoms with van der Waals surface area (Å²) in [6.45, 7) is 4.33. The Morgan fingerprint density at radius 2 is 1.83 bits per heavy atom. The Kier molecular flexibility index (Phi) is 3.30. The van der Waals surface area contributed by atoms with Gasteiger partial charge in [0.25, 0.3) is 0 Å². The summed E-state index contributed by atoms with van der Waals surface area (Å²) in [6, 6.07) is 9.19. The number of hydrogen-bond donors (Lipinski definition) is 1. The second-order valence-electron chi connectivity index (χ2n) is 3.39. The van der Waals surface area contributed by atoms with E-state index in [2.05, 4.69) is 43.8 Å². The van der Waals surface area contributed by atoms with Crippen molar-refractivity contribution in [3.05, 3.63) is 35.4 Å². The summed E-state index contributed by atoms with van der Waals surface area (Å²) in [4.78, 5) is 0. The molecular formula is C11H18N+. The van der Waals surface area contributed by atoms with Crippen molar-refractivity contribution < 1.29 is 5.73 Å². The van der Waals surface area contributed by atoms with Crippen LogP contribution in [0.4, 0.5) is 0 Å². The van der Waals surface area contributed by atoms with Crippen LogP contribution in [0.2, 0.25) is 0 Å². The molecule has 1 atom stereocenters. The van der Waals surface area contributed by atoms with Gasteiger partial charge in [-0.15, -0.1) is 0 Å². The van der Waals surface area contributed by atoms with Crippen molar-refractivity contribution in [3.8, 4) is 0 Å². The van der Waals surface area contributed by atoms with Crippen LogP contribution in [0.3, 0.4) is 0 Å². The highest BCUT2D eigenvalue weighted by molar-refractivity contribution is 5.23. The smallest absolute Gasteiger partial charge is 0.107 e. The molecule has 66 valence electrons. The van der Waals surface area contributed by atoms with Crippen molar-refractivity contribution in [1.82, 2.24) is 0 Å². The fourth-order valence-electron chi connectivity index (χ4n) is 1.30. The number of quaternary nitrogens is 1. The van der Waals surface area contributed by atoms with E-state index >= 15 is 0 Å². The molecule has 1 nitrogen and oxygen atoms in total. The molecule has 0 radical (unpaired) electrons. The van der Waals surface area contributed by atoms with Crippen molar-refractivity contribution in [1.29, 1.82) is 0 Å². The number of rotatable bonds is 3. The SMILES string of the molecule is CCCc1ccc([C@H](C)[NH3+])cc1. The maximum absolute atomic E-state index is 3.98. The molecule has 0 bridgehead atoms. The first-order chi connectivity index (χ1) is 5.74. The van der Waals surface area contributed by atoms with Crippen LogP contribution in [0.15, 0.2) is 24.3 Å². The van der Waals surface area contributed by atoms with Crippen molar-refractivity contribution >= 4 is 0 Å². The van der Waals surface area contributed by atoms with Crippen molar-refractivity contribution in [3.63, 3.8) is 0 Å². The molecule has 0 spiro atoms. The summed E-state index contributed by atoms with van der Waals surface area (Å²) >= 11 is 0. The highest BCUT2D eigenvalue weighted by atomic mass is 14.6. The van der Waals surface area contributed by atoms with Crippen LogP contribution in [0.1, 0.15) is 37.4 Å². The standard InChI is InChI=1S/C11H17N/c1-3-4-10-5-7-11(8-6-10)9(2)12/h5-9H,3-4,12H2,1-2H3/p+1/t9-/m0/s1. The molecule has 0 aromatic heterocycles. The molecule has 0 unspecified atom stereocenters. The Morgan fingerprint density at radius 3 is 2.25 bits per heavy atom. The summed E-state index contributed by atoms with van der Waals surface area (Å²) in [5.41, 5.74) is 6.75. The highest BCUT2D eigenvalue weighted by Crippen LogP contribution is 2.10. The zero-order chi connectivity index (χ0) is 8.97. The summed E-state index contributed by atoms with van der Waals surface area (Å²) in [5, 5.41) is 0. The summed E-state index contributed by atoms with van der Waals surface area (Å²) in [5.74, 6) is 0. The monoisotopic (exact) mass is 164 g/mol. The third-order valence-electron chi connectivity index (χ3n) is 2.09. The van der Waals surface area contributed by atoms with Gasteiger partial charge in [-0.25, -0.2) is 0 Å². The molecule has 1 heteroatoms. The Hall–Kier alpha value is -0.820. The van der Waals surface area contributed by atoms with Gasteiger partial charge in [0.15, 0.2) is 0 Å². The van der Waals surface area contributed by atoms with Gasteiger partial charge in [-0.05, 0) is 18.9 Å². The number of hydrogen-bond acceptors (Lipinski definition) is 0. The Morgan fingerprint density at radius 1 is 1.25 bits per heavy atom. The first kappa shape index (κ1) is 9.27. The van der Waals surface area contributed by atoms with Crippen LogP contribution >= 0.6 is 0 Å². The predicted molar refractivity (Wildman–Crippen MR) is 51.7 cm³/mol. The van der Waals surface area contributed by atoms with E-state index in [0.717, 1.165) is 0 Å². The summed E-state index contributed by atoms with van der Waals surface area (Å²) in [7, 11) is 0. The lowest BCUT2D eigenvalue weighted by Crippen LogP contribution is -2.51. The van der Waals surface area contributed by atoms with Crippen molar-refractivity contribution in [2.45, 2.75) is 32.7 Å². The van der Waals surface area contributed by atoms with E-state index < -0.39 is 0 Å². The van der Waals surface area contributed by atoms with Crippen LogP contribution in [-0.4, -0.2) is 0 Å². The van der Waals surface area contributed by atoms with Gasteiger partial charge in [-0.1, -0.05) is 37.6 Å². The molecule has 3 N–H and O–H groups in total. The summed E-state index contributed by atoms with van der Waals surface area (Å²) in [6.07, 6.45) is 2.41.